The number of amides is 1. The summed E-state index contributed by atoms with van der Waals surface area (Å²) in [6.07, 6.45) is 0. The summed E-state index contributed by atoms with van der Waals surface area (Å²) in [5.41, 5.74) is 2.51. The molecular weight excluding hydrogens is 224 g/mol. The second kappa shape index (κ2) is 3.83. The van der Waals surface area contributed by atoms with Crippen LogP contribution in [0.2, 0.25) is 5.02 Å². The first-order valence-electron chi connectivity index (χ1n) is 5.00. The number of aryl methyl sites for hydroxylation is 1. The number of benzene rings is 1. The Morgan fingerprint density at radius 1 is 1.38 bits per heavy atom. The molecule has 1 amide bonds. The van der Waals surface area contributed by atoms with Gasteiger partial charge in [0.1, 0.15) is 0 Å². The summed E-state index contributed by atoms with van der Waals surface area (Å²) in [6.45, 7) is 1.89. The summed E-state index contributed by atoms with van der Waals surface area (Å²) in [6, 6.07) is 5.51. The van der Waals surface area contributed by atoms with Crippen LogP contribution >= 0.6 is 11.6 Å². The number of halogens is 1. The molecule has 1 heterocycles. The number of fused-ring (bicyclic) bond motifs is 1. The monoisotopic (exact) mass is 236 g/mol. The Balaban J connectivity index is 2.72. The molecule has 0 atom stereocenters. The lowest BCUT2D eigenvalue weighted by atomic mass is 10.1. The van der Waals surface area contributed by atoms with Gasteiger partial charge in [0.25, 0.3) is 5.91 Å². The Labute approximate surface area is 99.0 Å². The summed E-state index contributed by atoms with van der Waals surface area (Å²) >= 11 is 5.95. The highest BCUT2D eigenvalue weighted by atomic mass is 35.5. The zero-order valence-corrected chi connectivity index (χ0v) is 10.2. The van der Waals surface area contributed by atoms with Gasteiger partial charge in [-0.25, -0.2) is 0 Å². The summed E-state index contributed by atoms with van der Waals surface area (Å²) in [5.74, 6) is -0.00832. The highest BCUT2D eigenvalue weighted by molar-refractivity contribution is 6.31. The molecule has 0 aliphatic rings. The van der Waals surface area contributed by atoms with Gasteiger partial charge in [0.2, 0.25) is 0 Å². The van der Waals surface area contributed by atoms with E-state index < -0.39 is 0 Å². The minimum atomic E-state index is -0.00832. The van der Waals surface area contributed by atoms with Crippen molar-refractivity contribution >= 4 is 28.4 Å². The van der Waals surface area contributed by atoms with Crippen molar-refractivity contribution in [3.63, 3.8) is 0 Å². The molecule has 0 spiro atoms. The van der Waals surface area contributed by atoms with Crippen LogP contribution in [0.4, 0.5) is 0 Å². The molecule has 4 heteroatoms. The van der Waals surface area contributed by atoms with Crippen molar-refractivity contribution in [2.24, 2.45) is 0 Å². The molecular formula is C12H13ClN2O. The number of nitrogens with zero attached hydrogens (tertiary/aromatic N) is 1. The third kappa shape index (κ3) is 1.67. The van der Waals surface area contributed by atoms with Crippen LogP contribution in [0.25, 0.3) is 10.9 Å². The zero-order chi connectivity index (χ0) is 11.9. The number of hydrogen-bond donors (Lipinski definition) is 1. The van der Waals surface area contributed by atoms with Crippen molar-refractivity contribution in [3.8, 4) is 0 Å². The van der Waals surface area contributed by atoms with E-state index in [9.17, 15) is 4.79 Å². The van der Waals surface area contributed by atoms with Crippen molar-refractivity contribution in [2.75, 3.05) is 14.1 Å². The molecule has 0 radical (unpaired) electrons. The molecule has 1 N–H and O–H groups in total. The molecule has 2 rings (SSSR count). The first kappa shape index (κ1) is 11.0. The van der Waals surface area contributed by atoms with E-state index in [2.05, 4.69) is 4.98 Å². The van der Waals surface area contributed by atoms with Gasteiger partial charge < -0.3 is 9.88 Å². The van der Waals surface area contributed by atoms with Crippen LogP contribution in [0.5, 0.6) is 0 Å². The molecule has 0 bridgehead atoms. The lowest BCUT2D eigenvalue weighted by Crippen LogP contribution is -2.22. The molecule has 0 saturated heterocycles. The molecule has 16 heavy (non-hydrogen) atoms. The average molecular weight is 237 g/mol. The fraction of sp³-hybridized carbons (Fsp3) is 0.250. The maximum absolute atomic E-state index is 12.0. The Kier molecular flexibility index (Phi) is 2.64. The number of nitrogens with one attached hydrogen (secondary N) is 1. The Morgan fingerprint density at radius 3 is 2.69 bits per heavy atom. The molecule has 0 aliphatic carbocycles. The number of H-pyrrole nitrogens is 1. The fourth-order valence-corrected chi connectivity index (χ4v) is 1.97. The van der Waals surface area contributed by atoms with Gasteiger partial charge in [0.15, 0.2) is 0 Å². The lowest BCUT2D eigenvalue weighted by Gasteiger charge is -2.10. The third-order valence-corrected chi connectivity index (χ3v) is 2.80. The topological polar surface area (TPSA) is 36.1 Å². The highest BCUT2D eigenvalue weighted by Crippen LogP contribution is 2.25. The van der Waals surface area contributed by atoms with E-state index in [1.165, 1.54) is 0 Å². The standard InChI is InChI=1S/C12H13ClN2O/c1-7-11(12(16)15(2)3)9-6-8(13)4-5-10(9)14-7/h4-6,14H,1-3H3. The van der Waals surface area contributed by atoms with E-state index in [1.54, 1.807) is 19.0 Å². The highest BCUT2D eigenvalue weighted by Gasteiger charge is 2.17. The molecule has 1 aromatic heterocycles. The van der Waals surface area contributed by atoms with Gasteiger partial charge in [-0.3, -0.25) is 4.79 Å². The number of aromatic nitrogens is 1. The van der Waals surface area contributed by atoms with Crippen LogP contribution in [0.15, 0.2) is 18.2 Å². The fourth-order valence-electron chi connectivity index (χ4n) is 1.80. The summed E-state index contributed by atoms with van der Waals surface area (Å²) in [7, 11) is 3.48. The second-order valence-corrected chi connectivity index (χ2v) is 4.45. The van der Waals surface area contributed by atoms with E-state index in [0.717, 1.165) is 16.6 Å². The summed E-state index contributed by atoms with van der Waals surface area (Å²) < 4.78 is 0. The smallest absolute Gasteiger partial charge is 0.255 e. The average Bonchev–Trinajstić information content (AvgIpc) is 2.52. The van der Waals surface area contributed by atoms with E-state index in [1.807, 2.05) is 25.1 Å². The number of aromatic amines is 1. The zero-order valence-electron chi connectivity index (χ0n) is 9.47. The molecule has 1 aromatic carbocycles. The van der Waals surface area contributed by atoms with Gasteiger partial charge >= 0.3 is 0 Å². The van der Waals surface area contributed by atoms with Gasteiger partial charge in [-0.2, -0.15) is 0 Å². The predicted molar refractivity (Wildman–Crippen MR) is 66.1 cm³/mol. The number of hydrogen-bond acceptors (Lipinski definition) is 1. The Bertz CT molecular complexity index is 557. The van der Waals surface area contributed by atoms with Gasteiger partial charge in [-0.1, -0.05) is 11.6 Å². The number of carbonyl (C=O) groups is 1. The van der Waals surface area contributed by atoms with Gasteiger partial charge in [0, 0.05) is 35.7 Å². The molecule has 0 saturated carbocycles. The third-order valence-electron chi connectivity index (χ3n) is 2.57. The predicted octanol–water partition coefficient (Wildman–Crippen LogP) is 2.83. The van der Waals surface area contributed by atoms with E-state index in [0.29, 0.717) is 10.6 Å². The molecule has 0 aliphatic heterocycles. The lowest BCUT2D eigenvalue weighted by molar-refractivity contribution is 0.0829. The van der Waals surface area contributed by atoms with Crippen LogP contribution in [0.3, 0.4) is 0 Å². The van der Waals surface area contributed by atoms with E-state index >= 15 is 0 Å². The van der Waals surface area contributed by atoms with Crippen LogP contribution in [0, 0.1) is 6.92 Å². The van der Waals surface area contributed by atoms with Crippen molar-refractivity contribution in [1.82, 2.24) is 9.88 Å². The van der Waals surface area contributed by atoms with Crippen LogP contribution in [0.1, 0.15) is 16.1 Å². The summed E-state index contributed by atoms with van der Waals surface area (Å²) in [5, 5.41) is 1.52. The maximum Gasteiger partial charge on any atom is 0.255 e. The molecule has 3 nitrogen and oxygen atoms in total. The first-order chi connectivity index (χ1) is 7.50. The SMILES string of the molecule is Cc1[nH]c2ccc(Cl)cc2c1C(=O)N(C)C. The normalized spacial score (nSPS) is 10.8. The second-order valence-electron chi connectivity index (χ2n) is 4.01. The van der Waals surface area contributed by atoms with E-state index in [4.69, 9.17) is 11.6 Å². The molecule has 84 valence electrons. The Morgan fingerprint density at radius 2 is 2.06 bits per heavy atom. The molecule has 0 unspecified atom stereocenters. The van der Waals surface area contributed by atoms with E-state index in [-0.39, 0.29) is 5.91 Å². The van der Waals surface area contributed by atoms with Crippen LogP contribution < -0.4 is 0 Å². The minimum absolute atomic E-state index is 0.00832. The van der Waals surface area contributed by atoms with Crippen molar-refractivity contribution < 1.29 is 4.79 Å². The van der Waals surface area contributed by atoms with Gasteiger partial charge in [0.05, 0.1) is 5.56 Å². The molecule has 0 fully saturated rings. The first-order valence-corrected chi connectivity index (χ1v) is 5.38. The largest absolute Gasteiger partial charge is 0.358 e. The van der Waals surface area contributed by atoms with Crippen molar-refractivity contribution in [2.45, 2.75) is 6.92 Å². The number of rotatable bonds is 1. The van der Waals surface area contributed by atoms with Crippen molar-refractivity contribution in [1.29, 1.82) is 0 Å². The quantitative estimate of drug-likeness (QED) is 0.812. The van der Waals surface area contributed by atoms with Crippen LogP contribution in [-0.2, 0) is 0 Å². The van der Waals surface area contributed by atoms with Gasteiger partial charge in [-0.05, 0) is 25.1 Å². The summed E-state index contributed by atoms with van der Waals surface area (Å²) in [4.78, 5) is 16.8. The van der Waals surface area contributed by atoms with Gasteiger partial charge in [-0.15, -0.1) is 0 Å². The minimum Gasteiger partial charge on any atom is -0.358 e. The molecule has 2 aromatic rings. The maximum atomic E-state index is 12.0. The number of carbonyl (C=O) groups excluding carboxylic acids is 1. The Hall–Kier alpha value is -1.48. The van der Waals surface area contributed by atoms with Crippen molar-refractivity contribution in [3.05, 3.63) is 34.5 Å². The van der Waals surface area contributed by atoms with Crippen LogP contribution in [-0.4, -0.2) is 29.9 Å².